The molecule has 35 valence electrons. The maximum absolute atomic E-state index is 2.97. The van der Waals surface area contributed by atoms with Crippen LogP contribution in [-0.2, 0) is 262 Å². The molecular weight excluding hydrogens is 751 g/mol. The molecule has 0 aliphatic carbocycles. The third-order valence-electron chi connectivity index (χ3n) is 0. The molecule has 0 N–H and O–H groups in total. The molecule has 9 heteroatoms. The number of hydrogen-bond acceptors (Lipinski definition) is 0. The molecule has 0 nitrogen and oxygen atoms in total. The van der Waals surface area contributed by atoms with Gasteiger partial charge in [-0.1, -0.05) is 6.55 Å². The summed E-state index contributed by atoms with van der Waals surface area (Å²) in [5.41, 5.74) is 0. The van der Waals surface area contributed by atoms with Crippen molar-refractivity contribution in [2.45, 2.75) is 6.55 Å². The summed E-state index contributed by atoms with van der Waals surface area (Å²) in [6.45, 7) is 1.81. The summed E-state index contributed by atoms with van der Waals surface area (Å²) in [7, 11) is 2.97. The van der Waals surface area contributed by atoms with Gasteiger partial charge in [-0.25, -0.2) is 0 Å². The predicted molar refractivity (Wildman–Crippen MR) is 11.6 cm³/mol. The van der Waals surface area contributed by atoms with Crippen molar-refractivity contribution < 1.29 is 262 Å². The van der Waals surface area contributed by atoms with E-state index in [2.05, 4.69) is 10.2 Å². The summed E-state index contributed by atoms with van der Waals surface area (Å²) < 4.78 is 0. The van der Waals surface area contributed by atoms with Crippen molar-refractivity contribution in [1.29, 1.82) is 0 Å². The van der Waals surface area contributed by atoms with Gasteiger partial charge >= 0.3 is 0 Å². The molecule has 0 bridgehead atoms. The summed E-state index contributed by atoms with van der Waals surface area (Å²) in [4.78, 5) is 0. The Morgan fingerprint density at radius 3 is 0.400 bits per heavy atom. The second kappa shape index (κ2) is 64.1. The van der Waals surface area contributed by atoms with E-state index >= 15 is 0 Å². The van der Waals surface area contributed by atoms with Crippen molar-refractivity contribution in [2.75, 3.05) is 0 Å². The Balaban J connectivity index is -0.000000000179. The molecule has 11 radical (unpaired) electrons. The standard InChI is InChI=1S/CH3Si.8Y/c1-2;;;;;;;;/h1H3;;;;;;;;. The van der Waals surface area contributed by atoms with Crippen LogP contribution in [0.25, 0.3) is 0 Å². The summed E-state index contributed by atoms with van der Waals surface area (Å²) in [5.74, 6) is 0. The van der Waals surface area contributed by atoms with Crippen LogP contribution in [0.3, 0.4) is 0 Å². The Hall–Kier alpha value is 9.05. The quantitative estimate of drug-likeness (QED) is 0.311. The zero-order valence-corrected chi connectivity index (χ0v) is 29.8. The van der Waals surface area contributed by atoms with Crippen molar-refractivity contribution in [2.24, 2.45) is 0 Å². The van der Waals surface area contributed by atoms with E-state index in [9.17, 15) is 0 Å². The van der Waals surface area contributed by atoms with E-state index in [0.717, 1.165) is 0 Å². The van der Waals surface area contributed by atoms with Crippen LogP contribution in [-0.4, -0.2) is 10.2 Å². The van der Waals surface area contributed by atoms with E-state index in [4.69, 9.17) is 0 Å². The molecule has 0 amide bonds. The Morgan fingerprint density at radius 1 is 0.400 bits per heavy atom. The second-order valence-electron chi connectivity index (χ2n) is 0. The Kier molecular flexibility index (Phi) is 394. The largest absolute Gasteiger partial charge is 0.0759 e. The topological polar surface area (TPSA) is 0 Å². The van der Waals surface area contributed by atoms with Crippen LogP contribution in [0.15, 0.2) is 0 Å². The zero-order chi connectivity index (χ0) is 2.00. The average Bonchev–Trinajstić information content (AvgIpc) is 1.00. The minimum absolute atomic E-state index is 0. The molecular formula is CH3SiY8. The molecule has 0 heterocycles. The van der Waals surface area contributed by atoms with Gasteiger partial charge in [0.15, 0.2) is 0 Å². The maximum atomic E-state index is 2.97. The minimum atomic E-state index is 0. The fraction of sp³-hybridized carbons (Fsp3) is 1.00. The first-order chi connectivity index (χ1) is 1.00. The van der Waals surface area contributed by atoms with E-state index in [1.165, 1.54) is 0 Å². The Labute approximate surface area is 269 Å². The van der Waals surface area contributed by atoms with Gasteiger partial charge in [-0.15, -0.1) is 0 Å². The molecule has 0 aliphatic rings. The minimum Gasteiger partial charge on any atom is -0.0759 e. The smallest absolute Gasteiger partial charge is 0.0184 e. The van der Waals surface area contributed by atoms with E-state index in [0.29, 0.717) is 0 Å². The van der Waals surface area contributed by atoms with Gasteiger partial charge in [-0.05, 0) is 0 Å². The van der Waals surface area contributed by atoms with Gasteiger partial charge < -0.3 is 0 Å². The van der Waals surface area contributed by atoms with Gasteiger partial charge in [-0.3, -0.25) is 0 Å². The first-order valence-corrected chi connectivity index (χ1v) is 1.50. The molecule has 0 aromatic carbocycles. The van der Waals surface area contributed by atoms with Crippen molar-refractivity contribution in [3.05, 3.63) is 0 Å². The molecule has 0 saturated carbocycles. The SMILES string of the molecule is C[Si].[Y].[Y].[Y].[Y].[Y].[Y].[Y].[Y]. The second-order valence-corrected chi connectivity index (χ2v) is 0. The Bertz CT molecular complexity index is 9.22. The van der Waals surface area contributed by atoms with Crippen molar-refractivity contribution in [1.82, 2.24) is 0 Å². The molecule has 0 rings (SSSR count). The van der Waals surface area contributed by atoms with Crippen molar-refractivity contribution in [3.63, 3.8) is 0 Å². The molecule has 0 unspecified atom stereocenters. The monoisotopic (exact) mass is 754 g/mol. The summed E-state index contributed by atoms with van der Waals surface area (Å²) in [6, 6.07) is 0. The first-order valence-electron chi connectivity index (χ1n) is 0.500. The molecule has 0 aliphatic heterocycles. The van der Waals surface area contributed by atoms with Gasteiger partial charge in [0.05, 0.1) is 0 Å². The third kappa shape index (κ3) is 53.6. The fourth-order valence-corrected chi connectivity index (χ4v) is 0. The van der Waals surface area contributed by atoms with Crippen LogP contribution in [0.5, 0.6) is 0 Å². The van der Waals surface area contributed by atoms with Crippen molar-refractivity contribution in [3.8, 4) is 0 Å². The third-order valence-corrected chi connectivity index (χ3v) is 0. The van der Waals surface area contributed by atoms with Crippen molar-refractivity contribution >= 4 is 10.2 Å². The maximum Gasteiger partial charge on any atom is 0.0184 e. The van der Waals surface area contributed by atoms with Crippen LogP contribution in [0.2, 0.25) is 6.55 Å². The molecule has 0 aromatic rings. The number of rotatable bonds is 0. The van der Waals surface area contributed by atoms with E-state index in [-0.39, 0.29) is 262 Å². The summed E-state index contributed by atoms with van der Waals surface area (Å²) in [6.07, 6.45) is 0. The van der Waals surface area contributed by atoms with Crippen LogP contribution in [0.1, 0.15) is 0 Å². The molecule has 10 heavy (non-hydrogen) atoms. The van der Waals surface area contributed by atoms with Gasteiger partial charge in [-0.2, -0.15) is 0 Å². The van der Waals surface area contributed by atoms with Crippen LogP contribution >= 0.6 is 0 Å². The fourth-order valence-electron chi connectivity index (χ4n) is 0. The van der Waals surface area contributed by atoms with Gasteiger partial charge in [0, 0.05) is 272 Å². The molecule has 0 saturated heterocycles. The molecule has 0 aromatic heterocycles. The first kappa shape index (κ1) is 61.5. The number of hydrogen-bond donors (Lipinski definition) is 0. The van der Waals surface area contributed by atoms with Gasteiger partial charge in [0.25, 0.3) is 0 Å². The summed E-state index contributed by atoms with van der Waals surface area (Å²) in [5, 5.41) is 0. The normalized spacial score (nSPS) is 0.600. The Morgan fingerprint density at radius 2 is 0.400 bits per heavy atom. The van der Waals surface area contributed by atoms with Crippen LogP contribution in [0.4, 0.5) is 0 Å². The van der Waals surface area contributed by atoms with E-state index < -0.39 is 0 Å². The average molecular weight is 754 g/mol. The molecule has 0 fully saturated rings. The predicted octanol–water partition coefficient (Wildman–Crippen LogP) is 0.183. The molecule has 0 atom stereocenters. The molecule has 0 spiro atoms. The zero-order valence-electron chi connectivity index (χ0n) is 6.12. The van der Waals surface area contributed by atoms with E-state index in [1.807, 2.05) is 0 Å². The van der Waals surface area contributed by atoms with Crippen LogP contribution < -0.4 is 0 Å². The summed E-state index contributed by atoms with van der Waals surface area (Å²) >= 11 is 0. The van der Waals surface area contributed by atoms with E-state index in [1.54, 1.807) is 6.55 Å². The van der Waals surface area contributed by atoms with Crippen LogP contribution in [0, 0.1) is 0 Å². The van der Waals surface area contributed by atoms with Gasteiger partial charge in [0.1, 0.15) is 0 Å². The van der Waals surface area contributed by atoms with Gasteiger partial charge in [0.2, 0.25) is 0 Å².